The van der Waals surface area contributed by atoms with Crippen molar-refractivity contribution >= 4 is 17.8 Å². The number of carbonyl (C=O) groups is 2. The van der Waals surface area contributed by atoms with Gasteiger partial charge in [0.25, 0.3) is 5.97 Å². The molecule has 28 heavy (non-hydrogen) atoms. The molecule has 0 aliphatic carbocycles. The molecule has 0 aromatic rings. The van der Waals surface area contributed by atoms with Crippen LogP contribution >= 0.6 is 0 Å². The third kappa shape index (κ3) is 26.4. The molecule has 0 saturated heterocycles. The molecule has 0 bridgehead atoms. The highest BCUT2D eigenvalue weighted by Crippen LogP contribution is 2.18. The van der Waals surface area contributed by atoms with Gasteiger partial charge < -0.3 is 22.3 Å². The molecule has 7 N–H and O–H groups in total. The van der Waals surface area contributed by atoms with E-state index < -0.39 is 5.97 Å². The van der Waals surface area contributed by atoms with E-state index in [9.17, 15) is 4.79 Å². The zero-order valence-corrected chi connectivity index (χ0v) is 18.1. The molecule has 0 radical (unpaired) electrons. The number of hydrogen-bond donors (Lipinski definition) is 4. The molecule has 0 saturated carbocycles. The quantitative estimate of drug-likeness (QED) is 0.166. The Morgan fingerprint density at radius 3 is 1.57 bits per heavy atom. The van der Waals surface area contributed by atoms with Gasteiger partial charge in [0, 0.05) is 19.4 Å². The lowest BCUT2D eigenvalue weighted by molar-refractivity contribution is -0.134. The van der Waals surface area contributed by atoms with Crippen LogP contribution in [-0.2, 0) is 9.59 Å². The second-order valence-electron chi connectivity index (χ2n) is 7.39. The third-order valence-corrected chi connectivity index (χ3v) is 4.56. The van der Waals surface area contributed by atoms with Crippen LogP contribution in [0.4, 0.5) is 0 Å². The Morgan fingerprint density at radius 1 is 0.786 bits per heavy atom. The number of aliphatic imine (C=N–C) groups is 1. The first-order valence-corrected chi connectivity index (χ1v) is 10.8. The number of rotatable bonds is 17. The molecule has 7 nitrogen and oxygen atoms in total. The van der Waals surface area contributed by atoms with Crippen LogP contribution in [0.3, 0.4) is 0 Å². The summed E-state index contributed by atoms with van der Waals surface area (Å²) in [7, 11) is 0. The van der Waals surface area contributed by atoms with Gasteiger partial charge >= 0.3 is 0 Å². The largest absolute Gasteiger partial charge is 0.481 e. The van der Waals surface area contributed by atoms with Gasteiger partial charge in [-0.3, -0.25) is 14.6 Å². The van der Waals surface area contributed by atoms with Crippen molar-refractivity contribution < 1.29 is 14.7 Å². The van der Waals surface area contributed by atoms with Crippen LogP contribution in [0.2, 0.25) is 0 Å². The van der Waals surface area contributed by atoms with Gasteiger partial charge in [0.1, 0.15) is 0 Å². The number of amides is 1. The van der Waals surface area contributed by atoms with E-state index in [2.05, 4.69) is 11.9 Å². The van der Waals surface area contributed by atoms with Gasteiger partial charge in [-0.05, 0) is 19.3 Å². The summed E-state index contributed by atoms with van der Waals surface area (Å²) >= 11 is 0. The van der Waals surface area contributed by atoms with Gasteiger partial charge in [-0.1, -0.05) is 77.6 Å². The minimum atomic E-state index is -0.833. The maximum absolute atomic E-state index is 11.6. The number of unbranched alkanes of at least 4 members (excludes halogenated alkanes) is 10. The standard InChI is InChI=1S/C19H40N4O.C2H4O2/c1-2-3-4-5-6-7-8-11-14-17(18(20)24)15-12-9-10-13-16-23-19(21)22;1-2(3)4/h17H,2-16H2,1H3,(H2,20,24)(H4,21,22,23);1H3,(H,3,4). The van der Waals surface area contributed by atoms with Crippen LogP contribution < -0.4 is 17.2 Å². The summed E-state index contributed by atoms with van der Waals surface area (Å²) in [6, 6.07) is 0. The highest BCUT2D eigenvalue weighted by atomic mass is 16.4. The minimum Gasteiger partial charge on any atom is -0.481 e. The lowest BCUT2D eigenvalue weighted by atomic mass is 9.93. The number of guanidine groups is 1. The lowest BCUT2D eigenvalue weighted by Gasteiger charge is -2.13. The Kier molecular flexibility index (Phi) is 21.8. The molecule has 7 heteroatoms. The molecule has 0 aliphatic heterocycles. The van der Waals surface area contributed by atoms with Crippen molar-refractivity contribution in [1.82, 2.24) is 0 Å². The van der Waals surface area contributed by atoms with Crippen molar-refractivity contribution in [2.75, 3.05) is 6.54 Å². The summed E-state index contributed by atoms with van der Waals surface area (Å²) in [5.41, 5.74) is 16.1. The van der Waals surface area contributed by atoms with Gasteiger partial charge in [-0.15, -0.1) is 0 Å². The topological polar surface area (TPSA) is 145 Å². The van der Waals surface area contributed by atoms with Crippen LogP contribution in [0.5, 0.6) is 0 Å². The number of aliphatic carboxylic acids is 1. The Bertz CT molecular complexity index is 406. The van der Waals surface area contributed by atoms with Gasteiger partial charge in [0.05, 0.1) is 0 Å². The molecule has 0 spiro atoms. The average Bonchev–Trinajstić information content (AvgIpc) is 2.60. The monoisotopic (exact) mass is 400 g/mol. The highest BCUT2D eigenvalue weighted by Gasteiger charge is 2.14. The highest BCUT2D eigenvalue weighted by molar-refractivity contribution is 5.76. The third-order valence-electron chi connectivity index (χ3n) is 4.56. The molecule has 0 rings (SSSR count). The van der Waals surface area contributed by atoms with E-state index in [-0.39, 0.29) is 17.8 Å². The summed E-state index contributed by atoms with van der Waals surface area (Å²) in [5.74, 6) is -0.740. The summed E-state index contributed by atoms with van der Waals surface area (Å²) in [4.78, 5) is 24.5. The summed E-state index contributed by atoms with van der Waals surface area (Å²) in [6.07, 6.45) is 16.5. The molecule has 0 aliphatic rings. The molecule has 0 fully saturated rings. The Morgan fingerprint density at radius 2 is 1.18 bits per heavy atom. The molecule has 0 aromatic carbocycles. The van der Waals surface area contributed by atoms with E-state index in [0.29, 0.717) is 6.54 Å². The fourth-order valence-electron chi connectivity index (χ4n) is 3.02. The molecule has 0 aromatic heterocycles. The predicted octanol–water partition coefficient (Wildman–Crippen LogP) is 3.93. The molecule has 166 valence electrons. The van der Waals surface area contributed by atoms with Crippen LogP contribution in [0.25, 0.3) is 0 Å². The Balaban J connectivity index is 0. The van der Waals surface area contributed by atoms with Crippen molar-refractivity contribution in [1.29, 1.82) is 0 Å². The molecule has 1 amide bonds. The number of nitrogens with two attached hydrogens (primary N) is 3. The van der Waals surface area contributed by atoms with Crippen LogP contribution in [0.15, 0.2) is 4.99 Å². The first-order valence-electron chi connectivity index (χ1n) is 10.8. The number of nitrogens with zero attached hydrogens (tertiary/aromatic N) is 1. The summed E-state index contributed by atoms with van der Waals surface area (Å²) in [6.45, 7) is 4.02. The smallest absolute Gasteiger partial charge is 0.300 e. The van der Waals surface area contributed by atoms with E-state index in [1.54, 1.807) is 0 Å². The van der Waals surface area contributed by atoms with E-state index in [1.807, 2.05) is 0 Å². The fraction of sp³-hybridized carbons (Fsp3) is 0.857. The summed E-state index contributed by atoms with van der Waals surface area (Å²) in [5, 5.41) is 7.42. The SMILES string of the molecule is CC(=O)O.CCCCCCCCCCC(CCCCCCN=C(N)N)C(N)=O. The van der Waals surface area contributed by atoms with Crippen LogP contribution in [-0.4, -0.2) is 29.5 Å². The van der Waals surface area contributed by atoms with E-state index >= 15 is 0 Å². The maximum Gasteiger partial charge on any atom is 0.300 e. The number of primary amides is 1. The first kappa shape index (κ1) is 28.4. The number of carbonyl (C=O) groups excluding carboxylic acids is 1. The van der Waals surface area contributed by atoms with Crippen LogP contribution in [0, 0.1) is 5.92 Å². The van der Waals surface area contributed by atoms with Gasteiger partial charge in [0.2, 0.25) is 5.91 Å². The number of carboxylic acids is 1. The maximum atomic E-state index is 11.6. The zero-order valence-electron chi connectivity index (χ0n) is 18.1. The Hall–Kier alpha value is -1.79. The minimum absolute atomic E-state index is 0.0581. The number of hydrogen-bond acceptors (Lipinski definition) is 3. The summed E-state index contributed by atoms with van der Waals surface area (Å²) < 4.78 is 0. The van der Waals surface area contributed by atoms with Crippen molar-refractivity contribution in [2.24, 2.45) is 28.1 Å². The molecule has 1 unspecified atom stereocenters. The average molecular weight is 401 g/mol. The zero-order chi connectivity index (χ0) is 21.6. The van der Waals surface area contributed by atoms with Gasteiger partial charge in [-0.25, -0.2) is 0 Å². The van der Waals surface area contributed by atoms with Crippen molar-refractivity contribution in [3.8, 4) is 0 Å². The first-order chi connectivity index (χ1) is 13.3. The van der Waals surface area contributed by atoms with E-state index in [4.69, 9.17) is 27.1 Å². The van der Waals surface area contributed by atoms with Crippen LogP contribution in [0.1, 0.15) is 104 Å². The van der Waals surface area contributed by atoms with Crippen molar-refractivity contribution in [3.05, 3.63) is 0 Å². The predicted molar refractivity (Wildman–Crippen MR) is 117 cm³/mol. The van der Waals surface area contributed by atoms with Gasteiger partial charge in [0.15, 0.2) is 5.96 Å². The molecular weight excluding hydrogens is 356 g/mol. The van der Waals surface area contributed by atoms with E-state index in [1.165, 1.54) is 44.9 Å². The fourth-order valence-corrected chi connectivity index (χ4v) is 3.02. The van der Waals surface area contributed by atoms with Gasteiger partial charge in [-0.2, -0.15) is 0 Å². The second-order valence-corrected chi connectivity index (χ2v) is 7.39. The van der Waals surface area contributed by atoms with Crippen molar-refractivity contribution in [2.45, 2.75) is 104 Å². The molecule has 1 atom stereocenters. The van der Waals surface area contributed by atoms with Crippen molar-refractivity contribution in [3.63, 3.8) is 0 Å². The Labute approximate surface area is 171 Å². The normalized spacial score (nSPS) is 11.2. The number of carboxylic acid groups (broad SMARTS) is 1. The molecular formula is C21H44N4O3. The molecule has 0 heterocycles. The van der Waals surface area contributed by atoms with E-state index in [0.717, 1.165) is 51.9 Å². The lowest BCUT2D eigenvalue weighted by Crippen LogP contribution is -2.23. The second kappa shape index (κ2) is 21.5.